The predicted octanol–water partition coefficient (Wildman–Crippen LogP) is 11.3. The predicted molar refractivity (Wildman–Crippen MR) is 185 cm³/mol. The zero-order chi connectivity index (χ0) is 33.3. The Morgan fingerprint density at radius 2 is 1.67 bits per heavy atom. The van der Waals surface area contributed by atoms with Gasteiger partial charge >= 0.3 is 6.18 Å². The van der Waals surface area contributed by atoms with Crippen molar-refractivity contribution in [1.82, 2.24) is 0 Å². The molecule has 8 heteroatoms. The zero-order valence-corrected chi connectivity index (χ0v) is 30.1. The second-order valence-electron chi connectivity index (χ2n) is 16.0. The minimum Gasteiger partial charge on any atom is -0.484 e. The molecule has 4 saturated carbocycles. The van der Waals surface area contributed by atoms with E-state index in [-0.39, 0.29) is 16.8 Å². The highest BCUT2D eigenvalue weighted by atomic mass is 32.2. The van der Waals surface area contributed by atoms with E-state index in [4.69, 9.17) is 21.7 Å². The van der Waals surface area contributed by atoms with Crippen molar-refractivity contribution < 1.29 is 27.4 Å². The van der Waals surface area contributed by atoms with Crippen LogP contribution >= 0.6 is 24.0 Å². The van der Waals surface area contributed by atoms with Crippen molar-refractivity contribution >= 4 is 34.1 Å². The van der Waals surface area contributed by atoms with Crippen LogP contribution in [0, 0.1) is 52.3 Å². The summed E-state index contributed by atoms with van der Waals surface area (Å²) in [4.78, 5) is 13.3. The fourth-order valence-corrected chi connectivity index (χ4v) is 12.1. The zero-order valence-electron chi connectivity index (χ0n) is 28.5. The molecule has 0 saturated heterocycles. The molecule has 46 heavy (non-hydrogen) atoms. The van der Waals surface area contributed by atoms with Crippen molar-refractivity contribution in [2.75, 3.05) is 13.2 Å². The van der Waals surface area contributed by atoms with Crippen LogP contribution in [0.15, 0.2) is 24.3 Å². The van der Waals surface area contributed by atoms with Crippen molar-refractivity contribution in [3.63, 3.8) is 0 Å². The van der Waals surface area contributed by atoms with E-state index in [2.05, 4.69) is 34.6 Å². The van der Waals surface area contributed by atoms with E-state index in [1.54, 1.807) is 23.9 Å². The Hall–Kier alpha value is -1.28. The maximum atomic E-state index is 13.3. The van der Waals surface area contributed by atoms with Crippen molar-refractivity contribution in [3.8, 4) is 5.75 Å². The summed E-state index contributed by atoms with van der Waals surface area (Å²) in [6, 6.07) is 6.02. The fraction of sp³-hybridized carbons (Fsp3) is 0.789. The highest BCUT2D eigenvalue weighted by molar-refractivity contribution is 8.23. The number of carbonyl (C=O) groups is 1. The van der Waals surface area contributed by atoms with Crippen LogP contribution in [0.5, 0.6) is 5.75 Å². The minimum atomic E-state index is -4.40. The summed E-state index contributed by atoms with van der Waals surface area (Å²) in [6.07, 6.45) is 10.4. The molecule has 5 rings (SSSR count). The second-order valence-corrected chi connectivity index (χ2v) is 17.8. The van der Waals surface area contributed by atoms with Gasteiger partial charge in [-0.15, -0.1) is 0 Å². The third kappa shape index (κ3) is 7.95. The van der Waals surface area contributed by atoms with Crippen molar-refractivity contribution in [2.45, 2.75) is 123 Å². The number of hydrogen-bond acceptors (Lipinski definition) is 5. The molecule has 1 aromatic carbocycles. The molecular weight excluding hydrogens is 626 g/mol. The van der Waals surface area contributed by atoms with E-state index < -0.39 is 12.8 Å². The van der Waals surface area contributed by atoms with E-state index in [1.165, 1.54) is 76.3 Å². The highest BCUT2D eigenvalue weighted by Gasteiger charge is 2.60. The number of thioether (sulfide) groups is 1. The van der Waals surface area contributed by atoms with Gasteiger partial charge in [-0.05, 0) is 147 Å². The molecule has 3 nitrogen and oxygen atoms in total. The fourth-order valence-electron chi connectivity index (χ4n) is 10.6. The number of fused-ring (bicyclic) bond motifs is 5. The summed E-state index contributed by atoms with van der Waals surface area (Å²) < 4.78 is 49.0. The minimum absolute atomic E-state index is 0.0114. The molecule has 4 aliphatic rings. The lowest BCUT2D eigenvalue weighted by Gasteiger charge is -2.61. The number of ketones is 1. The maximum absolute atomic E-state index is 13.3. The molecule has 4 aliphatic carbocycles. The normalized spacial score (nSPS) is 33.8. The molecule has 0 aliphatic heterocycles. The summed E-state index contributed by atoms with van der Waals surface area (Å²) >= 11 is 7.36. The van der Waals surface area contributed by atoms with Gasteiger partial charge in [0, 0.05) is 17.2 Å². The summed E-state index contributed by atoms with van der Waals surface area (Å²) in [5, 5.41) is 0.155. The first-order valence-corrected chi connectivity index (χ1v) is 19.2. The Bertz CT molecular complexity index is 1200. The van der Waals surface area contributed by atoms with Crippen LogP contribution in [0.1, 0.15) is 122 Å². The average molecular weight is 681 g/mol. The van der Waals surface area contributed by atoms with E-state index in [0.29, 0.717) is 58.0 Å². The second kappa shape index (κ2) is 14.7. The van der Waals surface area contributed by atoms with Crippen LogP contribution in [0.25, 0.3) is 0 Å². The number of rotatable bonds is 11. The van der Waals surface area contributed by atoms with Gasteiger partial charge in [0.15, 0.2) is 12.4 Å². The van der Waals surface area contributed by atoms with Gasteiger partial charge < -0.3 is 9.47 Å². The third-order valence-electron chi connectivity index (χ3n) is 12.9. The monoisotopic (exact) mass is 680 g/mol. The molecule has 0 N–H and O–H groups in total. The molecular formula is C38H55F3O3S2. The van der Waals surface area contributed by atoms with Gasteiger partial charge in [0.2, 0.25) is 4.38 Å². The first kappa shape index (κ1) is 36.0. The standard InChI is InChI=1S/C38H55F3O3S2/c1-24(2)22-43-35(45)46-34(18-17-33(42)26-9-12-28(13-10-26)44-23-38(39,40)41)25(3)30-15-16-31-29-14-11-27-8-6-7-20-36(27,4)32(29)19-21-37(30,31)5/h9-10,12-13,24-25,27,29-32,34H,6-8,11,14-23H2,1-5H3/t25-,27+,29-,30+,31-,32-,34?,36-,37+/m0/s1. The Labute approximate surface area is 284 Å². The molecule has 0 aromatic heterocycles. The lowest BCUT2D eigenvalue weighted by Crippen LogP contribution is -2.53. The van der Waals surface area contributed by atoms with E-state index in [0.717, 1.165) is 23.7 Å². The number of alkyl halides is 3. The maximum Gasteiger partial charge on any atom is 0.422 e. The van der Waals surface area contributed by atoms with Crippen LogP contribution in [0.2, 0.25) is 0 Å². The van der Waals surface area contributed by atoms with Crippen molar-refractivity contribution in [3.05, 3.63) is 29.8 Å². The molecule has 1 unspecified atom stereocenters. The molecule has 0 amide bonds. The van der Waals surface area contributed by atoms with Gasteiger partial charge in [-0.3, -0.25) is 4.79 Å². The van der Waals surface area contributed by atoms with Gasteiger partial charge in [-0.25, -0.2) is 0 Å². The molecule has 0 spiro atoms. The Balaban J connectivity index is 1.27. The Morgan fingerprint density at radius 1 is 0.957 bits per heavy atom. The van der Waals surface area contributed by atoms with Gasteiger partial charge in [0.25, 0.3) is 0 Å². The molecule has 258 valence electrons. The van der Waals surface area contributed by atoms with Crippen molar-refractivity contribution in [2.24, 2.45) is 52.3 Å². The van der Waals surface area contributed by atoms with Gasteiger partial charge in [-0.1, -0.05) is 59.2 Å². The summed E-state index contributed by atoms with van der Waals surface area (Å²) in [6.45, 7) is 11.1. The van der Waals surface area contributed by atoms with Crippen LogP contribution in [-0.2, 0) is 4.74 Å². The molecule has 0 heterocycles. The smallest absolute Gasteiger partial charge is 0.422 e. The molecule has 0 radical (unpaired) electrons. The number of ether oxygens (including phenoxy) is 2. The summed E-state index contributed by atoms with van der Waals surface area (Å²) in [5.74, 6) is 4.88. The van der Waals surface area contributed by atoms with Gasteiger partial charge in [-0.2, -0.15) is 13.2 Å². The van der Waals surface area contributed by atoms with Crippen LogP contribution < -0.4 is 4.74 Å². The van der Waals surface area contributed by atoms with Gasteiger partial charge in [0.05, 0.1) is 6.61 Å². The highest BCUT2D eigenvalue weighted by Crippen LogP contribution is 2.68. The number of Topliss-reactive ketones (excluding diaryl/α,β-unsaturated/α-hetero) is 1. The largest absolute Gasteiger partial charge is 0.484 e. The Morgan fingerprint density at radius 3 is 2.37 bits per heavy atom. The third-order valence-corrected chi connectivity index (χ3v) is 14.6. The SMILES string of the molecule is CC(C)COC(=S)SC(CCC(=O)c1ccc(OCC(F)(F)F)cc1)[C@@H](C)[C@H]1CC[C@H]2[C@@H]3CC[C@H]4CCCC[C@]4(C)[C@H]3CC[C@]12C. The average Bonchev–Trinajstić information content (AvgIpc) is 3.37. The molecule has 4 fully saturated rings. The summed E-state index contributed by atoms with van der Waals surface area (Å²) in [5.41, 5.74) is 1.34. The van der Waals surface area contributed by atoms with Crippen LogP contribution in [-0.4, -0.2) is 34.8 Å². The number of hydrogen-bond donors (Lipinski definition) is 0. The number of halogens is 3. The van der Waals surface area contributed by atoms with E-state index in [1.807, 2.05) is 0 Å². The lowest BCUT2D eigenvalue weighted by atomic mass is 9.44. The van der Waals surface area contributed by atoms with Gasteiger partial charge in [0.1, 0.15) is 5.75 Å². The van der Waals surface area contributed by atoms with Crippen LogP contribution in [0.4, 0.5) is 13.2 Å². The Kier molecular flexibility index (Phi) is 11.5. The van der Waals surface area contributed by atoms with Crippen LogP contribution in [0.3, 0.4) is 0 Å². The number of thiocarbonyl (C=S) groups is 1. The summed E-state index contributed by atoms with van der Waals surface area (Å²) in [7, 11) is 0. The van der Waals surface area contributed by atoms with E-state index in [9.17, 15) is 18.0 Å². The lowest BCUT2D eigenvalue weighted by molar-refractivity contribution is -0.153. The van der Waals surface area contributed by atoms with E-state index >= 15 is 0 Å². The molecule has 0 bridgehead atoms. The first-order valence-electron chi connectivity index (χ1n) is 17.9. The number of benzene rings is 1. The topological polar surface area (TPSA) is 35.5 Å². The molecule has 1 aromatic rings. The quantitative estimate of drug-likeness (QED) is 0.172. The van der Waals surface area contributed by atoms with Crippen molar-refractivity contribution in [1.29, 1.82) is 0 Å². The first-order chi connectivity index (χ1) is 21.7. The number of carbonyl (C=O) groups excluding carboxylic acids is 1. The molecule has 9 atom stereocenters.